The molecule has 33 heavy (non-hydrogen) atoms. The zero-order chi connectivity index (χ0) is 23.8. The number of allylic oxidation sites excluding steroid dienone is 1. The van der Waals surface area contributed by atoms with Gasteiger partial charge in [0.15, 0.2) is 0 Å². The average molecular weight is 459 g/mol. The highest BCUT2D eigenvalue weighted by Gasteiger charge is 2.62. The largest absolute Gasteiger partial charge is 0.497 e. The lowest BCUT2D eigenvalue weighted by atomic mass is 9.68. The molecule has 3 rings (SSSR count). The summed E-state index contributed by atoms with van der Waals surface area (Å²) in [5.74, 6) is -0.932. The van der Waals surface area contributed by atoms with Crippen LogP contribution in [0.1, 0.15) is 44.6 Å². The van der Waals surface area contributed by atoms with E-state index in [4.69, 9.17) is 14.2 Å². The molecule has 2 amide bonds. The van der Waals surface area contributed by atoms with Crippen LogP contribution >= 0.6 is 0 Å². The SMILES string of the molecule is CCOC(=O)[C@]12CCCC=C1N(Cc1ccc(OC)cc1)C(=O)[C@@H]2CC(=O)NCCCOC. The minimum absolute atomic E-state index is 0.0545. The Morgan fingerprint density at radius 3 is 2.64 bits per heavy atom. The van der Waals surface area contributed by atoms with E-state index in [9.17, 15) is 14.4 Å². The summed E-state index contributed by atoms with van der Waals surface area (Å²) in [6.07, 6.45) is 4.62. The number of likely N-dealkylation sites (tertiary alicyclic amines) is 1. The molecule has 1 heterocycles. The molecule has 180 valence electrons. The topological polar surface area (TPSA) is 94.2 Å². The minimum atomic E-state index is -1.12. The van der Waals surface area contributed by atoms with Crippen LogP contribution in [0.15, 0.2) is 36.0 Å². The van der Waals surface area contributed by atoms with Crippen molar-refractivity contribution in [3.63, 3.8) is 0 Å². The minimum Gasteiger partial charge on any atom is -0.497 e. The first-order valence-electron chi connectivity index (χ1n) is 11.6. The van der Waals surface area contributed by atoms with E-state index in [1.165, 1.54) is 0 Å². The molecule has 0 aromatic heterocycles. The van der Waals surface area contributed by atoms with Crippen LogP contribution in [-0.4, -0.2) is 56.7 Å². The molecule has 1 saturated heterocycles. The van der Waals surface area contributed by atoms with Gasteiger partial charge in [-0.15, -0.1) is 0 Å². The second-order valence-electron chi connectivity index (χ2n) is 8.40. The first-order valence-corrected chi connectivity index (χ1v) is 11.6. The van der Waals surface area contributed by atoms with Crippen molar-refractivity contribution in [3.05, 3.63) is 41.6 Å². The Morgan fingerprint density at radius 1 is 1.21 bits per heavy atom. The molecular weight excluding hydrogens is 424 g/mol. The van der Waals surface area contributed by atoms with Crippen molar-refractivity contribution < 1.29 is 28.6 Å². The number of methoxy groups -OCH3 is 2. The Bertz CT molecular complexity index is 881. The van der Waals surface area contributed by atoms with E-state index in [1.54, 1.807) is 26.0 Å². The van der Waals surface area contributed by atoms with Gasteiger partial charge in [0.25, 0.3) is 0 Å². The maximum absolute atomic E-state index is 13.7. The summed E-state index contributed by atoms with van der Waals surface area (Å²) in [6.45, 7) is 3.29. The van der Waals surface area contributed by atoms with Gasteiger partial charge >= 0.3 is 5.97 Å². The van der Waals surface area contributed by atoms with Gasteiger partial charge in [0.05, 0.1) is 26.2 Å². The Hall–Kier alpha value is -2.87. The molecule has 2 atom stereocenters. The van der Waals surface area contributed by atoms with E-state index < -0.39 is 17.3 Å². The zero-order valence-corrected chi connectivity index (χ0v) is 19.7. The van der Waals surface area contributed by atoms with Gasteiger partial charge in [0.1, 0.15) is 11.2 Å². The van der Waals surface area contributed by atoms with Crippen LogP contribution in [0.5, 0.6) is 5.75 Å². The number of nitrogens with one attached hydrogen (secondary N) is 1. The molecule has 1 aliphatic carbocycles. The van der Waals surface area contributed by atoms with Crippen molar-refractivity contribution in [2.75, 3.05) is 34.0 Å². The van der Waals surface area contributed by atoms with Gasteiger partial charge in [-0.05, 0) is 50.3 Å². The Balaban J connectivity index is 1.89. The Labute approximate surface area is 195 Å². The molecule has 0 unspecified atom stereocenters. The number of nitrogens with zero attached hydrogens (tertiary/aromatic N) is 1. The second-order valence-corrected chi connectivity index (χ2v) is 8.40. The molecule has 0 saturated carbocycles. The summed E-state index contributed by atoms with van der Waals surface area (Å²) in [7, 11) is 3.21. The first-order chi connectivity index (χ1) is 16.0. The number of amides is 2. The van der Waals surface area contributed by atoms with Crippen LogP contribution < -0.4 is 10.1 Å². The van der Waals surface area contributed by atoms with E-state index in [1.807, 2.05) is 30.3 Å². The van der Waals surface area contributed by atoms with Gasteiger partial charge in [0, 0.05) is 32.4 Å². The standard InChI is InChI=1S/C25H34N2O6/c1-4-33-24(30)25-13-6-5-8-21(25)27(17-18-9-11-19(32-3)12-10-18)23(29)20(25)16-22(28)26-14-7-15-31-2/h8-12,20H,4-7,13-17H2,1-3H3,(H,26,28)/t20-,25-/m0/s1. The maximum Gasteiger partial charge on any atom is 0.318 e. The highest BCUT2D eigenvalue weighted by molar-refractivity contribution is 5.99. The number of rotatable bonds is 11. The average Bonchev–Trinajstić information content (AvgIpc) is 3.06. The second kappa shape index (κ2) is 11.3. The van der Waals surface area contributed by atoms with Crippen molar-refractivity contribution >= 4 is 17.8 Å². The van der Waals surface area contributed by atoms with Crippen LogP contribution in [0, 0.1) is 11.3 Å². The first kappa shape index (κ1) is 24.8. The lowest BCUT2D eigenvalue weighted by molar-refractivity contribution is -0.158. The quantitative estimate of drug-likeness (QED) is 0.405. The summed E-state index contributed by atoms with van der Waals surface area (Å²) in [5, 5.41) is 2.85. The van der Waals surface area contributed by atoms with Crippen molar-refractivity contribution in [2.45, 2.75) is 45.6 Å². The molecule has 0 spiro atoms. The molecule has 0 bridgehead atoms. The van der Waals surface area contributed by atoms with Crippen molar-refractivity contribution in [2.24, 2.45) is 11.3 Å². The highest BCUT2D eigenvalue weighted by atomic mass is 16.5. The monoisotopic (exact) mass is 458 g/mol. The normalized spacial score (nSPS) is 21.9. The molecule has 0 radical (unpaired) electrons. The van der Waals surface area contributed by atoms with Crippen molar-refractivity contribution in [1.82, 2.24) is 10.2 Å². The number of benzene rings is 1. The van der Waals surface area contributed by atoms with Gasteiger partial charge in [-0.2, -0.15) is 0 Å². The Kier molecular flexibility index (Phi) is 8.49. The van der Waals surface area contributed by atoms with Gasteiger partial charge in [-0.1, -0.05) is 18.2 Å². The van der Waals surface area contributed by atoms with E-state index in [-0.39, 0.29) is 24.8 Å². The summed E-state index contributed by atoms with van der Waals surface area (Å²) >= 11 is 0. The molecule has 1 aromatic carbocycles. The van der Waals surface area contributed by atoms with Crippen molar-refractivity contribution in [1.29, 1.82) is 0 Å². The summed E-state index contributed by atoms with van der Waals surface area (Å²) < 4.78 is 15.7. The lowest BCUT2D eigenvalue weighted by Crippen LogP contribution is -2.43. The van der Waals surface area contributed by atoms with Crippen LogP contribution in [0.3, 0.4) is 0 Å². The van der Waals surface area contributed by atoms with Gasteiger partial charge < -0.3 is 24.4 Å². The number of carbonyl (C=O) groups is 3. The van der Waals surface area contributed by atoms with Crippen LogP contribution in [-0.2, 0) is 30.4 Å². The van der Waals surface area contributed by atoms with Gasteiger partial charge in [0.2, 0.25) is 11.8 Å². The highest BCUT2D eigenvalue weighted by Crippen LogP contribution is 2.54. The molecule has 8 nitrogen and oxygen atoms in total. The van der Waals surface area contributed by atoms with Crippen LogP contribution in [0.2, 0.25) is 0 Å². The molecule has 1 aromatic rings. The fourth-order valence-electron chi connectivity index (χ4n) is 4.80. The molecule has 1 fully saturated rings. The maximum atomic E-state index is 13.7. The van der Waals surface area contributed by atoms with E-state index in [0.717, 1.165) is 24.2 Å². The number of esters is 1. The summed E-state index contributed by atoms with van der Waals surface area (Å²) in [6, 6.07) is 7.48. The molecule has 1 N–H and O–H groups in total. The third kappa shape index (κ3) is 5.21. The fraction of sp³-hybridized carbons (Fsp3) is 0.560. The third-order valence-electron chi connectivity index (χ3n) is 6.40. The van der Waals surface area contributed by atoms with E-state index in [0.29, 0.717) is 38.2 Å². The van der Waals surface area contributed by atoms with Crippen LogP contribution in [0.25, 0.3) is 0 Å². The van der Waals surface area contributed by atoms with Gasteiger partial charge in [-0.25, -0.2) is 0 Å². The molecule has 2 aliphatic rings. The lowest BCUT2D eigenvalue weighted by Gasteiger charge is -2.35. The molecular formula is C25H34N2O6. The van der Waals surface area contributed by atoms with Gasteiger partial charge in [-0.3, -0.25) is 14.4 Å². The van der Waals surface area contributed by atoms with Crippen LogP contribution in [0.4, 0.5) is 0 Å². The van der Waals surface area contributed by atoms with E-state index >= 15 is 0 Å². The van der Waals surface area contributed by atoms with E-state index in [2.05, 4.69) is 5.32 Å². The number of ether oxygens (including phenoxy) is 3. The summed E-state index contributed by atoms with van der Waals surface area (Å²) in [5.41, 5.74) is 0.463. The zero-order valence-electron chi connectivity index (χ0n) is 19.7. The number of hydrogen-bond acceptors (Lipinski definition) is 6. The third-order valence-corrected chi connectivity index (χ3v) is 6.40. The molecule has 1 aliphatic heterocycles. The number of carbonyl (C=O) groups excluding carboxylic acids is 3. The molecule has 8 heteroatoms. The predicted octanol–water partition coefficient (Wildman–Crippen LogP) is 2.81. The van der Waals surface area contributed by atoms with Crippen molar-refractivity contribution in [3.8, 4) is 5.75 Å². The Morgan fingerprint density at radius 2 is 1.97 bits per heavy atom. The number of hydrogen-bond donors (Lipinski definition) is 1. The number of fused-ring (bicyclic) bond motifs is 1. The summed E-state index contributed by atoms with van der Waals surface area (Å²) in [4.78, 5) is 41.4. The predicted molar refractivity (Wildman–Crippen MR) is 122 cm³/mol. The smallest absolute Gasteiger partial charge is 0.318 e. The fourth-order valence-corrected chi connectivity index (χ4v) is 4.80.